The molecule has 2 atom stereocenters. The number of allylic oxidation sites excluding steroid dienone is 2. The van der Waals surface area contributed by atoms with E-state index < -0.39 is 13.7 Å². The first kappa shape index (κ1) is 17.1. The zero-order chi connectivity index (χ0) is 14.1. The summed E-state index contributed by atoms with van der Waals surface area (Å²) < 4.78 is 17.8. The molecule has 0 aromatic carbocycles. The standard InChI is InChI=1S/C15H29O3P/c1-5-16-15(4,17-6-2)19(18-7-3)13-14-11-9-8-10-12-14/h8-9,14H,5-7,10-13H2,1-4H3. The molecule has 0 aliphatic heterocycles. The molecule has 2 unspecified atom stereocenters. The fraction of sp³-hybridized carbons (Fsp3) is 0.867. The Morgan fingerprint density at radius 1 is 1.11 bits per heavy atom. The Hall–Kier alpha value is 0.0500. The molecule has 0 radical (unpaired) electrons. The zero-order valence-corrected chi connectivity index (χ0v) is 13.7. The second-order valence-corrected chi connectivity index (χ2v) is 7.09. The summed E-state index contributed by atoms with van der Waals surface area (Å²) in [6.45, 7) is 10.2. The maximum Gasteiger partial charge on any atom is 0.209 e. The minimum atomic E-state index is -0.719. The van der Waals surface area contributed by atoms with Crippen molar-refractivity contribution in [3.8, 4) is 0 Å². The van der Waals surface area contributed by atoms with Gasteiger partial charge in [0.05, 0.1) is 8.15 Å². The largest absolute Gasteiger partial charge is 0.354 e. The first-order valence-corrected chi connectivity index (χ1v) is 8.94. The molecule has 3 nitrogen and oxygen atoms in total. The van der Waals surface area contributed by atoms with Crippen LogP contribution in [0.25, 0.3) is 0 Å². The highest BCUT2D eigenvalue weighted by Gasteiger charge is 2.38. The summed E-state index contributed by atoms with van der Waals surface area (Å²) in [7, 11) is -0.719. The van der Waals surface area contributed by atoms with Crippen molar-refractivity contribution in [2.45, 2.75) is 52.5 Å². The summed E-state index contributed by atoms with van der Waals surface area (Å²) in [6.07, 6.45) is 9.27. The summed E-state index contributed by atoms with van der Waals surface area (Å²) in [5.74, 6) is 0.711. The van der Waals surface area contributed by atoms with Gasteiger partial charge in [0.2, 0.25) is 5.53 Å². The number of ether oxygens (including phenoxy) is 2. The van der Waals surface area contributed by atoms with Gasteiger partial charge in [-0.1, -0.05) is 12.2 Å². The Balaban J connectivity index is 2.68. The smallest absolute Gasteiger partial charge is 0.209 e. The van der Waals surface area contributed by atoms with E-state index in [0.29, 0.717) is 19.1 Å². The van der Waals surface area contributed by atoms with Gasteiger partial charge in [-0.15, -0.1) is 0 Å². The molecule has 0 bridgehead atoms. The molecule has 1 aliphatic carbocycles. The molecule has 0 aromatic heterocycles. The van der Waals surface area contributed by atoms with Crippen molar-refractivity contribution >= 4 is 8.15 Å². The van der Waals surface area contributed by atoms with Gasteiger partial charge in [0.1, 0.15) is 0 Å². The molecule has 0 fully saturated rings. The Bertz CT molecular complexity index is 262. The second-order valence-electron chi connectivity index (χ2n) is 4.89. The molecule has 0 amide bonds. The van der Waals surface area contributed by atoms with Crippen molar-refractivity contribution in [2.24, 2.45) is 5.92 Å². The second kappa shape index (κ2) is 9.07. The monoisotopic (exact) mass is 288 g/mol. The third-order valence-corrected chi connectivity index (χ3v) is 5.95. The predicted molar refractivity (Wildman–Crippen MR) is 81.6 cm³/mol. The molecule has 4 heteroatoms. The predicted octanol–water partition coefficient (Wildman–Crippen LogP) is 4.52. The van der Waals surface area contributed by atoms with Crippen molar-refractivity contribution in [2.75, 3.05) is 26.0 Å². The zero-order valence-electron chi connectivity index (χ0n) is 12.9. The van der Waals surface area contributed by atoms with Gasteiger partial charge in [-0.25, -0.2) is 0 Å². The van der Waals surface area contributed by atoms with Crippen LogP contribution in [0.1, 0.15) is 47.0 Å². The summed E-state index contributed by atoms with van der Waals surface area (Å²) in [5.41, 5.74) is -0.560. The van der Waals surface area contributed by atoms with Crippen molar-refractivity contribution < 1.29 is 14.0 Å². The van der Waals surface area contributed by atoms with E-state index in [1.54, 1.807) is 0 Å². The van der Waals surface area contributed by atoms with Gasteiger partial charge in [-0.3, -0.25) is 0 Å². The lowest BCUT2D eigenvalue weighted by Crippen LogP contribution is -2.33. The fourth-order valence-electron chi connectivity index (χ4n) is 2.47. The maximum atomic E-state index is 6.01. The highest BCUT2D eigenvalue weighted by Crippen LogP contribution is 2.54. The highest BCUT2D eigenvalue weighted by atomic mass is 31.1. The van der Waals surface area contributed by atoms with E-state index in [9.17, 15) is 0 Å². The van der Waals surface area contributed by atoms with E-state index in [1.807, 2.05) is 20.8 Å². The molecular weight excluding hydrogens is 259 g/mol. The molecule has 112 valence electrons. The maximum absolute atomic E-state index is 6.01. The molecule has 1 rings (SSSR count). The van der Waals surface area contributed by atoms with Gasteiger partial charge < -0.3 is 14.0 Å². The van der Waals surface area contributed by atoms with Gasteiger partial charge in [0.25, 0.3) is 0 Å². The molecular formula is C15H29O3P. The van der Waals surface area contributed by atoms with Crippen LogP contribution in [0.4, 0.5) is 0 Å². The lowest BCUT2D eigenvalue weighted by Gasteiger charge is -2.38. The van der Waals surface area contributed by atoms with Crippen LogP contribution in [0.3, 0.4) is 0 Å². The van der Waals surface area contributed by atoms with E-state index >= 15 is 0 Å². The number of rotatable bonds is 9. The first-order valence-electron chi connectivity index (χ1n) is 7.49. The summed E-state index contributed by atoms with van der Waals surface area (Å²) in [6, 6.07) is 0. The van der Waals surface area contributed by atoms with Crippen molar-refractivity contribution in [1.82, 2.24) is 0 Å². The third kappa shape index (κ3) is 5.51. The minimum Gasteiger partial charge on any atom is -0.354 e. The van der Waals surface area contributed by atoms with Crippen LogP contribution in [0.5, 0.6) is 0 Å². The highest BCUT2D eigenvalue weighted by molar-refractivity contribution is 7.53. The van der Waals surface area contributed by atoms with Gasteiger partial charge in [-0.05, 0) is 52.9 Å². The SMILES string of the molecule is CCOP(CC1CC=CCC1)C(C)(OCC)OCC. The molecule has 0 aromatic rings. The van der Waals surface area contributed by atoms with Crippen LogP contribution < -0.4 is 0 Å². The van der Waals surface area contributed by atoms with Crippen LogP contribution in [0.15, 0.2) is 12.2 Å². The van der Waals surface area contributed by atoms with Crippen molar-refractivity contribution in [3.63, 3.8) is 0 Å². The molecule has 19 heavy (non-hydrogen) atoms. The van der Waals surface area contributed by atoms with Gasteiger partial charge in [-0.2, -0.15) is 0 Å². The summed E-state index contributed by atoms with van der Waals surface area (Å²) >= 11 is 0. The van der Waals surface area contributed by atoms with Gasteiger partial charge >= 0.3 is 0 Å². The van der Waals surface area contributed by atoms with Gasteiger partial charge in [0.15, 0.2) is 0 Å². The van der Waals surface area contributed by atoms with Crippen LogP contribution in [-0.4, -0.2) is 31.5 Å². The third-order valence-electron chi connectivity index (χ3n) is 3.36. The van der Waals surface area contributed by atoms with Gasteiger partial charge in [0, 0.05) is 26.0 Å². The summed E-state index contributed by atoms with van der Waals surface area (Å²) in [5, 5.41) is 0. The van der Waals surface area contributed by atoms with E-state index in [0.717, 1.165) is 12.8 Å². The Morgan fingerprint density at radius 2 is 1.79 bits per heavy atom. The average molecular weight is 288 g/mol. The Labute approximate surface area is 119 Å². The van der Waals surface area contributed by atoms with E-state index in [4.69, 9.17) is 14.0 Å². The quantitative estimate of drug-likeness (QED) is 0.354. The Kier molecular flexibility index (Phi) is 8.17. The minimum absolute atomic E-state index is 0.560. The van der Waals surface area contributed by atoms with Crippen LogP contribution in [-0.2, 0) is 14.0 Å². The van der Waals surface area contributed by atoms with E-state index in [1.165, 1.54) is 19.3 Å². The van der Waals surface area contributed by atoms with E-state index in [2.05, 4.69) is 19.1 Å². The van der Waals surface area contributed by atoms with Crippen LogP contribution in [0.2, 0.25) is 0 Å². The van der Waals surface area contributed by atoms with Crippen LogP contribution in [0, 0.1) is 5.92 Å². The molecule has 0 saturated heterocycles. The van der Waals surface area contributed by atoms with E-state index in [-0.39, 0.29) is 0 Å². The lowest BCUT2D eigenvalue weighted by atomic mass is 9.96. The molecule has 1 aliphatic rings. The van der Waals surface area contributed by atoms with Crippen molar-refractivity contribution in [3.05, 3.63) is 12.2 Å². The number of hydrogen-bond acceptors (Lipinski definition) is 3. The molecule has 0 saturated carbocycles. The fourth-order valence-corrected chi connectivity index (χ4v) is 4.80. The molecule has 0 spiro atoms. The molecule has 0 heterocycles. The lowest BCUT2D eigenvalue weighted by molar-refractivity contribution is -0.163. The molecule has 0 N–H and O–H groups in total. The van der Waals surface area contributed by atoms with Crippen LogP contribution >= 0.6 is 8.15 Å². The first-order chi connectivity index (χ1) is 9.16. The summed E-state index contributed by atoms with van der Waals surface area (Å²) in [4.78, 5) is 0. The number of hydrogen-bond donors (Lipinski definition) is 0. The topological polar surface area (TPSA) is 27.7 Å². The van der Waals surface area contributed by atoms with Crippen molar-refractivity contribution in [1.29, 1.82) is 0 Å². The average Bonchev–Trinajstić information content (AvgIpc) is 2.40. The normalized spacial score (nSPS) is 21.6. The Morgan fingerprint density at radius 3 is 2.26 bits per heavy atom.